The Balaban J connectivity index is 4.46. The van der Waals surface area contributed by atoms with E-state index in [1.165, 1.54) is 0 Å². The van der Waals surface area contributed by atoms with E-state index in [0.717, 1.165) is 0 Å². The molecule has 19 heavy (non-hydrogen) atoms. The first-order valence-electron chi connectivity index (χ1n) is 6.04. The zero-order valence-electron chi connectivity index (χ0n) is 11.0. The minimum atomic E-state index is -1.18. The first-order chi connectivity index (χ1) is 8.79. The van der Waals surface area contributed by atoms with Crippen LogP contribution >= 0.6 is 0 Å². The van der Waals surface area contributed by atoms with Crippen LogP contribution in [0.3, 0.4) is 0 Å². The molecule has 0 aliphatic carbocycles. The molecule has 110 valence electrons. The molecule has 0 heterocycles. The molecule has 8 heteroatoms. The van der Waals surface area contributed by atoms with Crippen LogP contribution in [-0.4, -0.2) is 40.1 Å². The Morgan fingerprint density at radius 3 is 2.11 bits per heavy atom. The van der Waals surface area contributed by atoms with Crippen molar-refractivity contribution in [3.05, 3.63) is 0 Å². The van der Waals surface area contributed by atoms with Gasteiger partial charge in [0, 0.05) is 6.42 Å². The topological polar surface area (TPSA) is 142 Å². The van der Waals surface area contributed by atoms with Gasteiger partial charge in [-0.2, -0.15) is 0 Å². The Labute approximate surface area is 111 Å². The van der Waals surface area contributed by atoms with E-state index < -0.39 is 29.9 Å². The third-order valence-corrected chi connectivity index (χ3v) is 2.87. The lowest BCUT2D eigenvalue weighted by molar-refractivity contribution is -0.144. The second-order valence-corrected chi connectivity index (χ2v) is 4.39. The SMILES string of the molecule is CC[C@H](C)[C@H](NN[C@@H](CCC(N)=O)C(=O)O)C(=O)O. The molecule has 3 atom stereocenters. The molecular weight excluding hydrogens is 254 g/mol. The zero-order chi connectivity index (χ0) is 15.0. The van der Waals surface area contributed by atoms with Crippen molar-refractivity contribution in [3.63, 3.8) is 0 Å². The average molecular weight is 275 g/mol. The fourth-order valence-electron chi connectivity index (χ4n) is 1.42. The lowest BCUT2D eigenvalue weighted by atomic mass is 10.00. The summed E-state index contributed by atoms with van der Waals surface area (Å²) >= 11 is 0. The highest BCUT2D eigenvalue weighted by atomic mass is 16.4. The molecule has 0 radical (unpaired) electrons. The molecule has 0 aromatic carbocycles. The standard InChI is InChI=1S/C11H21N3O5/c1-3-6(2)9(11(18)19)14-13-7(10(16)17)4-5-8(12)15/h6-7,9,13-14H,3-5H2,1-2H3,(H2,12,15)(H,16,17)(H,18,19)/t6-,7-,9-/m0/s1. The van der Waals surface area contributed by atoms with Gasteiger partial charge in [-0.1, -0.05) is 20.3 Å². The maximum absolute atomic E-state index is 11.0. The van der Waals surface area contributed by atoms with Gasteiger partial charge in [-0.25, -0.2) is 10.9 Å². The van der Waals surface area contributed by atoms with E-state index in [4.69, 9.17) is 15.9 Å². The molecule has 1 amide bonds. The highest BCUT2D eigenvalue weighted by Crippen LogP contribution is 2.07. The van der Waals surface area contributed by atoms with E-state index in [1.807, 2.05) is 6.92 Å². The number of hydrazine groups is 1. The second kappa shape index (κ2) is 8.44. The third kappa shape index (κ3) is 6.73. The zero-order valence-corrected chi connectivity index (χ0v) is 11.0. The molecule has 8 nitrogen and oxygen atoms in total. The summed E-state index contributed by atoms with van der Waals surface area (Å²) in [7, 11) is 0. The largest absolute Gasteiger partial charge is 0.480 e. The highest BCUT2D eigenvalue weighted by molar-refractivity contribution is 5.77. The van der Waals surface area contributed by atoms with Gasteiger partial charge in [0.15, 0.2) is 0 Å². The van der Waals surface area contributed by atoms with Crippen LogP contribution in [0.2, 0.25) is 0 Å². The van der Waals surface area contributed by atoms with Gasteiger partial charge in [0.1, 0.15) is 12.1 Å². The number of carboxylic acids is 2. The number of carbonyl (C=O) groups excluding carboxylic acids is 1. The van der Waals surface area contributed by atoms with Gasteiger partial charge in [-0.05, 0) is 12.3 Å². The minimum absolute atomic E-state index is 0.00941. The second-order valence-electron chi connectivity index (χ2n) is 4.39. The van der Waals surface area contributed by atoms with Gasteiger partial charge < -0.3 is 15.9 Å². The molecule has 0 spiro atoms. The molecule has 6 N–H and O–H groups in total. The number of aliphatic carboxylic acids is 2. The molecule has 0 fully saturated rings. The molecule has 0 rings (SSSR count). The number of nitrogens with one attached hydrogen (secondary N) is 2. The summed E-state index contributed by atoms with van der Waals surface area (Å²) < 4.78 is 0. The normalized spacial score (nSPS) is 15.5. The van der Waals surface area contributed by atoms with Crippen LogP contribution in [0.4, 0.5) is 0 Å². The summed E-state index contributed by atoms with van der Waals surface area (Å²) in [4.78, 5) is 32.6. The van der Waals surface area contributed by atoms with Gasteiger partial charge in [-0.3, -0.25) is 14.4 Å². The number of primary amides is 1. The number of amides is 1. The Hall–Kier alpha value is -1.67. The summed E-state index contributed by atoms with van der Waals surface area (Å²) in [6.45, 7) is 3.58. The van der Waals surface area contributed by atoms with E-state index >= 15 is 0 Å². The van der Waals surface area contributed by atoms with Gasteiger partial charge >= 0.3 is 11.9 Å². The summed E-state index contributed by atoms with van der Waals surface area (Å²) in [5, 5.41) is 18.0. The quantitative estimate of drug-likeness (QED) is 0.332. The van der Waals surface area contributed by atoms with Crippen LogP contribution in [0, 0.1) is 5.92 Å². The van der Waals surface area contributed by atoms with E-state index in [2.05, 4.69) is 10.9 Å². The van der Waals surface area contributed by atoms with Gasteiger partial charge in [0.2, 0.25) is 5.91 Å². The van der Waals surface area contributed by atoms with Crippen molar-refractivity contribution in [2.45, 2.75) is 45.2 Å². The van der Waals surface area contributed by atoms with Crippen LogP contribution < -0.4 is 16.6 Å². The third-order valence-electron chi connectivity index (χ3n) is 2.87. The summed E-state index contributed by atoms with van der Waals surface area (Å²) in [6, 6.07) is -1.97. The van der Waals surface area contributed by atoms with Crippen molar-refractivity contribution in [1.82, 2.24) is 10.9 Å². The van der Waals surface area contributed by atoms with Crippen LogP contribution in [-0.2, 0) is 14.4 Å². The number of hydrogen-bond acceptors (Lipinski definition) is 5. The maximum atomic E-state index is 11.0. The lowest BCUT2D eigenvalue weighted by Gasteiger charge is -2.23. The molecule has 0 aromatic rings. The first-order valence-corrected chi connectivity index (χ1v) is 6.04. The predicted molar refractivity (Wildman–Crippen MR) is 67.0 cm³/mol. The molecule has 0 aliphatic heterocycles. The van der Waals surface area contributed by atoms with Crippen LogP contribution in [0.25, 0.3) is 0 Å². The Morgan fingerprint density at radius 2 is 1.74 bits per heavy atom. The smallest absolute Gasteiger partial charge is 0.322 e. The highest BCUT2D eigenvalue weighted by Gasteiger charge is 2.25. The van der Waals surface area contributed by atoms with E-state index in [1.54, 1.807) is 6.92 Å². The molecular formula is C11H21N3O5. The molecule has 0 unspecified atom stereocenters. The van der Waals surface area contributed by atoms with Gasteiger partial charge in [0.25, 0.3) is 0 Å². The fraction of sp³-hybridized carbons (Fsp3) is 0.727. The van der Waals surface area contributed by atoms with E-state index in [-0.39, 0.29) is 18.8 Å². The Kier molecular flexibility index (Phi) is 7.69. The molecule has 0 bridgehead atoms. The van der Waals surface area contributed by atoms with Crippen LogP contribution in [0.15, 0.2) is 0 Å². The molecule has 0 saturated carbocycles. The van der Waals surface area contributed by atoms with Crippen molar-refractivity contribution in [2.24, 2.45) is 11.7 Å². The monoisotopic (exact) mass is 275 g/mol. The summed E-state index contributed by atoms with van der Waals surface area (Å²) in [5.41, 5.74) is 9.87. The number of carboxylic acid groups (broad SMARTS) is 2. The molecule has 0 saturated heterocycles. The summed E-state index contributed by atoms with van der Waals surface area (Å²) in [5.74, 6) is -3.02. The Bertz CT molecular complexity index is 334. The maximum Gasteiger partial charge on any atom is 0.322 e. The van der Waals surface area contributed by atoms with Crippen molar-refractivity contribution >= 4 is 17.8 Å². The van der Waals surface area contributed by atoms with Gasteiger partial charge in [0.05, 0.1) is 0 Å². The van der Waals surface area contributed by atoms with Crippen LogP contribution in [0.5, 0.6) is 0 Å². The fourth-order valence-corrected chi connectivity index (χ4v) is 1.42. The molecule has 0 aromatic heterocycles. The van der Waals surface area contributed by atoms with Crippen molar-refractivity contribution in [2.75, 3.05) is 0 Å². The molecule has 0 aliphatic rings. The van der Waals surface area contributed by atoms with Crippen LogP contribution in [0.1, 0.15) is 33.1 Å². The lowest BCUT2D eigenvalue weighted by Crippen LogP contribution is -2.54. The number of hydrogen-bond donors (Lipinski definition) is 5. The minimum Gasteiger partial charge on any atom is -0.480 e. The predicted octanol–water partition coefficient (Wildman–Crippen LogP) is -0.701. The number of rotatable bonds is 10. The van der Waals surface area contributed by atoms with E-state index in [9.17, 15) is 14.4 Å². The number of nitrogens with two attached hydrogens (primary N) is 1. The Morgan fingerprint density at radius 1 is 1.16 bits per heavy atom. The average Bonchev–Trinajstić information content (AvgIpc) is 2.31. The first kappa shape index (κ1) is 17.3. The van der Waals surface area contributed by atoms with Crippen molar-refractivity contribution in [1.29, 1.82) is 0 Å². The van der Waals surface area contributed by atoms with E-state index in [0.29, 0.717) is 6.42 Å². The van der Waals surface area contributed by atoms with Gasteiger partial charge in [-0.15, -0.1) is 0 Å². The summed E-state index contributed by atoms with van der Waals surface area (Å²) in [6.07, 6.45) is 0.530. The van der Waals surface area contributed by atoms with Crippen molar-refractivity contribution < 1.29 is 24.6 Å². The van der Waals surface area contributed by atoms with Crippen molar-refractivity contribution in [3.8, 4) is 0 Å². The number of carbonyl (C=O) groups is 3.